The molecule has 2 aromatic rings. The predicted octanol–water partition coefficient (Wildman–Crippen LogP) is 7.00. The summed E-state index contributed by atoms with van der Waals surface area (Å²) >= 11 is 0. The largest absolute Gasteiger partial charge is 0.454 e. The number of nitrogens with zero attached hydrogens (tertiary/aromatic N) is 2. The van der Waals surface area contributed by atoms with Crippen LogP contribution in [0.25, 0.3) is 0 Å². The lowest BCUT2D eigenvalue weighted by Gasteiger charge is -2.32. The standard InChI is InChI=1S/C18H25NO6.C18H23NO5.2CH4/c1-18(2,3)25-17(22)19-8-4-5-12(19)15(21)14-11(9-20)6-7-13-16(14)24-10-23-13;1-18(2,3)24-17(20)19-8-4-5-12(19)15-14-11(9-21-15)6-7-13-16(14)23-10-22-13;;/h6-7,12,15,20-21H,4-5,8-10H2,1-3H3;6-7,12,15H,4-5,8-10H2,1-3H3;2*1H4/t2*12-,15?;;/m00../s1. The molecule has 4 atom stereocenters. The number of carbonyl (C=O) groups is 2. The van der Waals surface area contributed by atoms with Crippen LogP contribution in [-0.2, 0) is 27.4 Å². The fourth-order valence-electron chi connectivity index (χ4n) is 7.05. The quantitative estimate of drug-likeness (QED) is 0.337. The van der Waals surface area contributed by atoms with Gasteiger partial charge in [0.05, 0.1) is 25.3 Å². The molecule has 2 amide bonds. The Morgan fingerprint density at radius 3 is 2.04 bits per heavy atom. The van der Waals surface area contributed by atoms with E-state index in [1.54, 1.807) is 21.9 Å². The minimum atomic E-state index is -0.992. The molecular formula is C38H56N2O11. The molecule has 2 N–H and O–H groups in total. The summed E-state index contributed by atoms with van der Waals surface area (Å²) in [5.74, 6) is 2.50. The molecule has 0 bridgehead atoms. The molecule has 13 heteroatoms. The summed E-state index contributed by atoms with van der Waals surface area (Å²) in [6, 6.07) is 6.90. The second-order valence-electron chi connectivity index (χ2n) is 14.8. The van der Waals surface area contributed by atoms with Crippen LogP contribution in [0, 0.1) is 0 Å². The molecule has 5 aliphatic heterocycles. The smallest absolute Gasteiger partial charge is 0.410 e. The van der Waals surface area contributed by atoms with E-state index in [4.69, 9.17) is 33.2 Å². The molecule has 0 radical (unpaired) electrons. The van der Waals surface area contributed by atoms with E-state index in [9.17, 15) is 19.8 Å². The minimum Gasteiger partial charge on any atom is -0.454 e. The molecule has 51 heavy (non-hydrogen) atoms. The first-order valence-corrected chi connectivity index (χ1v) is 17.0. The zero-order valence-corrected chi connectivity index (χ0v) is 29.2. The number of rotatable bonds is 4. The topological polar surface area (TPSA) is 146 Å². The molecule has 5 heterocycles. The maximum Gasteiger partial charge on any atom is 0.410 e. The van der Waals surface area contributed by atoms with Crippen LogP contribution in [0.5, 0.6) is 23.0 Å². The molecule has 2 saturated heterocycles. The van der Waals surface area contributed by atoms with Crippen molar-refractivity contribution >= 4 is 12.2 Å². The predicted molar refractivity (Wildman–Crippen MR) is 189 cm³/mol. The van der Waals surface area contributed by atoms with Crippen molar-refractivity contribution in [3.8, 4) is 23.0 Å². The molecule has 2 fully saturated rings. The van der Waals surface area contributed by atoms with Crippen molar-refractivity contribution in [2.45, 2.75) is 131 Å². The summed E-state index contributed by atoms with van der Waals surface area (Å²) in [7, 11) is 0. The van der Waals surface area contributed by atoms with Gasteiger partial charge in [-0.1, -0.05) is 27.0 Å². The number of likely N-dealkylation sites (tertiary alicyclic amines) is 2. The van der Waals surface area contributed by atoms with E-state index in [1.165, 1.54) is 0 Å². The van der Waals surface area contributed by atoms with Gasteiger partial charge in [-0.3, -0.25) is 0 Å². The Morgan fingerprint density at radius 1 is 0.824 bits per heavy atom. The average Bonchev–Trinajstić information content (AvgIpc) is 3.86. The summed E-state index contributed by atoms with van der Waals surface area (Å²) in [5.41, 5.74) is 2.09. The van der Waals surface area contributed by atoms with Crippen LogP contribution in [0.4, 0.5) is 9.59 Å². The summed E-state index contributed by atoms with van der Waals surface area (Å²) in [6.07, 6.45) is 1.38. The SMILES string of the molecule is C.C.CC(C)(C)OC(=O)N1CCC[C@H]1C(O)c1c(CO)ccc2c1OCO2.CC(C)(C)OC(=O)N1CCC[C@H]1C1OCc2ccc3c(c21)OCO3. The van der Waals surface area contributed by atoms with Crippen LogP contribution >= 0.6 is 0 Å². The molecule has 0 saturated carbocycles. The number of carbonyl (C=O) groups excluding carboxylic acids is 2. The monoisotopic (exact) mass is 716 g/mol. The number of ether oxygens (including phenoxy) is 7. The van der Waals surface area contributed by atoms with E-state index >= 15 is 0 Å². The second-order valence-corrected chi connectivity index (χ2v) is 14.8. The van der Waals surface area contributed by atoms with Crippen LogP contribution in [0.1, 0.15) is 117 Å². The molecule has 13 nitrogen and oxygen atoms in total. The number of fused-ring (bicyclic) bond motifs is 4. The summed E-state index contributed by atoms with van der Waals surface area (Å²) in [4.78, 5) is 28.4. The number of amides is 2. The van der Waals surface area contributed by atoms with E-state index in [0.29, 0.717) is 48.7 Å². The number of aliphatic hydroxyl groups is 2. The van der Waals surface area contributed by atoms with E-state index < -0.39 is 29.4 Å². The first-order valence-electron chi connectivity index (χ1n) is 17.0. The highest BCUT2D eigenvalue weighted by atomic mass is 16.7. The van der Waals surface area contributed by atoms with Gasteiger partial charge < -0.3 is 53.2 Å². The number of aliphatic hydroxyl groups excluding tert-OH is 2. The Morgan fingerprint density at radius 2 is 1.39 bits per heavy atom. The number of benzene rings is 2. The first-order chi connectivity index (χ1) is 23.3. The van der Waals surface area contributed by atoms with Gasteiger partial charge in [0.1, 0.15) is 23.4 Å². The van der Waals surface area contributed by atoms with Crippen LogP contribution in [0.2, 0.25) is 0 Å². The van der Waals surface area contributed by atoms with Crippen LogP contribution in [0.15, 0.2) is 24.3 Å². The molecule has 0 aliphatic carbocycles. The van der Waals surface area contributed by atoms with Gasteiger partial charge in [-0.05, 0) is 90.5 Å². The summed E-state index contributed by atoms with van der Waals surface area (Å²) < 4.78 is 39.1. The van der Waals surface area contributed by atoms with Crippen molar-refractivity contribution in [1.29, 1.82) is 0 Å². The number of hydrogen-bond donors (Lipinski definition) is 2. The van der Waals surface area contributed by atoms with Crippen LogP contribution in [-0.4, -0.2) is 82.2 Å². The van der Waals surface area contributed by atoms with Gasteiger partial charge in [0.15, 0.2) is 23.0 Å². The van der Waals surface area contributed by atoms with Crippen molar-refractivity contribution in [3.63, 3.8) is 0 Å². The van der Waals surface area contributed by atoms with Gasteiger partial charge in [-0.25, -0.2) is 9.59 Å². The summed E-state index contributed by atoms with van der Waals surface area (Å²) in [5, 5.41) is 20.7. The van der Waals surface area contributed by atoms with Gasteiger partial charge >= 0.3 is 12.2 Å². The van der Waals surface area contributed by atoms with E-state index in [2.05, 4.69) is 0 Å². The molecule has 5 aliphatic rings. The third-order valence-electron chi connectivity index (χ3n) is 9.07. The lowest BCUT2D eigenvalue weighted by molar-refractivity contribution is -0.0157. The van der Waals surface area contributed by atoms with Crippen molar-refractivity contribution in [1.82, 2.24) is 9.80 Å². The van der Waals surface area contributed by atoms with Crippen molar-refractivity contribution in [3.05, 3.63) is 46.5 Å². The molecule has 7 rings (SSSR count). The van der Waals surface area contributed by atoms with Crippen LogP contribution in [0.3, 0.4) is 0 Å². The van der Waals surface area contributed by atoms with E-state index in [0.717, 1.165) is 41.9 Å². The molecule has 2 aromatic carbocycles. The van der Waals surface area contributed by atoms with Gasteiger partial charge in [-0.15, -0.1) is 0 Å². The average molecular weight is 717 g/mol. The highest BCUT2D eigenvalue weighted by molar-refractivity contribution is 5.70. The third-order valence-corrected chi connectivity index (χ3v) is 9.07. The zero-order valence-electron chi connectivity index (χ0n) is 29.2. The Kier molecular flexibility index (Phi) is 12.3. The zero-order chi connectivity index (χ0) is 35.1. The highest BCUT2D eigenvalue weighted by Gasteiger charge is 2.44. The normalized spacial score (nSPS) is 21.9. The lowest BCUT2D eigenvalue weighted by Crippen LogP contribution is -2.42. The Bertz CT molecular complexity index is 1550. The Hall–Kier alpha value is -3.94. The molecule has 0 spiro atoms. The van der Waals surface area contributed by atoms with Gasteiger partial charge in [0.25, 0.3) is 0 Å². The second kappa shape index (κ2) is 15.7. The molecule has 0 aromatic heterocycles. The molecule has 284 valence electrons. The fraction of sp³-hybridized carbons (Fsp3) is 0.632. The third kappa shape index (κ3) is 8.42. The van der Waals surface area contributed by atoms with Gasteiger partial charge in [0, 0.05) is 24.2 Å². The minimum absolute atomic E-state index is 0. The van der Waals surface area contributed by atoms with Gasteiger partial charge in [-0.2, -0.15) is 0 Å². The Balaban J connectivity index is 0.000000220. The lowest BCUT2D eigenvalue weighted by atomic mass is 9.94. The maximum absolute atomic E-state index is 12.6. The van der Waals surface area contributed by atoms with Crippen molar-refractivity contribution in [2.24, 2.45) is 0 Å². The number of hydrogen-bond acceptors (Lipinski definition) is 11. The van der Waals surface area contributed by atoms with Crippen LogP contribution < -0.4 is 18.9 Å². The highest BCUT2D eigenvalue weighted by Crippen LogP contribution is 2.49. The summed E-state index contributed by atoms with van der Waals surface area (Å²) in [6.45, 7) is 12.9. The fourth-order valence-corrected chi connectivity index (χ4v) is 7.05. The molecule has 2 unspecified atom stereocenters. The molecular weight excluding hydrogens is 660 g/mol. The van der Waals surface area contributed by atoms with Crippen molar-refractivity contribution in [2.75, 3.05) is 26.7 Å². The van der Waals surface area contributed by atoms with Gasteiger partial charge in [0.2, 0.25) is 13.6 Å². The van der Waals surface area contributed by atoms with E-state index in [-0.39, 0.29) is 53.3 Å². The maximum atomic E-state index is 12.6. The van der Waals surface area contributed by atoms with Crippen molar-refractivity contribution < 1.29 is 53.0 Å². The van der Waals surface area contributed by atoms with E-state index in [1.807, 2.05) is 53.7 Å². The first kappa shape index (κ1) is 39.8. The Labute approximate surface area is 301 Å².